The molecule has 2 rings (SSSR count). The van der Waals surface area contributed by atoms with Crippen molar-refractivity contribution in [3.63, 3.8) is 0 Å². The molecule has 0 aliphatic carbocycles. The topological polar surface area (TPSA) is 50.3 Å². The van der Waals surface area contributed by atoms with Crippen molar-refractivity contribution in [2.45, 2.75) is 12.8 Å². The summed E-state index contributed by atoms with van der Waals surface area (Å²) in [6.07, 6.45) is 4.15. The number of Topliss-reactive ketones (excluding diaryl/α,β-unsaturated/α-hetero) is 1. The molecule has 0 bridgehead atoms. The van der Waals surface area contributed by atoms with Crippen molar-refractivity contribution in [1.82, 2.24) is 9.88 Å². The number of carbonyl (C=O) groups excluding carboxylic acids is 2. The first-order valence-corrected chi connectivity index (χ1v) is 5.48. The largest absolute Gasteiger partial charge is 0.338 e. The van der Waals surface area contributed by atoms with E-state index >= 15 is 0 Å². The van der Waals surface area contributed by atoms with Crippen molar-refractivity contribution in [2.75, 3.05) is 13.1 Å². The average Bonchev–Trinajstić information content (AvgIpc) is 2.42. The van der Waals surface area contributed by atoms with Crippen LogP contribution in [0.25, 0.3) is 0 Å². The van der Waals surface area contributed by atoms with E-state index in [9.17, 15) is 9.59 Å². The minimum Gasteiger partial charge on any atom is -0.338 e. The molecule has 0 N–H and O–H groups in total. The van der Waals surface area contributed by atoms with Crippen LogP contribution in [0, 0.1) is 0 Å². The average molecular weight is 232 g/mol. The molecule has 17 heavy (non-hydrogen) atoms. The predicted octanol–water partition coefficient (Wildman–Crippen LogP) is 1.69. The van der Waals surface area contributed by atoms with Crippen LogP contribution in [0.1, 0.15) is 23.2 Å². The summed E-state index contributed by atoms with van der Waals surface area (Å²) in [5.74, 6) is 0.209. The van der Waals surface area contributed by atoms with Crippen molar-refractivity contribution < 1.29 is 9.59 Å². The molecule has 0 unspecified atom stereocenters. The summed E-state index contributed by atoms with van der Waals surface area (Å²) >= 11 is 0. The summed E-state index contributed by atoms with van der Waals surface area (Å²) < 4.78 is 0. The maximum Gasteiger partial charge on any atom is 0.255 e. The number of nitrogens with zero attached hydrogens (tertiary/aromatic N) is 2. The number of likely N-dealkylation sites (tertiary alicyclic amines) is 1. The Morgan fingerprint density at radius 2 is 1.94 bits per heavy atom. The van der Waals surface area contributed by atoms with Crippen LogP contribution in [-0.2, 0) is 4.79 Å². The Hall–Kier alpha value is -1.97. The molecular formula is C13H16N2O2. The first-order valence-electron chi connectivity index (χ1n) is 5.48. The van der Waals surface area contributed by atoms with Gasteiger partial charge in [0.2, 0.25) is 0 Å². The fourth-order valence-corrected chi connectivity index (χ4v) is 1.63. The van der Waals surface area contributed by atoms with Crippen LogP contribution in [-0.4, -0.2) is 34.7 Å². The molecule has 1 aliphatic heterocycles. The zero-order valence-corrected chi connectivity index (χ0v) is 9.76. The third-order valence-corrected chi connectivity index (χ3v) is 2.52. The molecule has 0 spiro atoms. The highest BCUT2D eigenvalue weighted by Crippen LogP contribution is 2.10. The number of amides is 1. The van der Waals surface area contributed by atoms with Crippen LogP contribution >= 0.6 is 0 Å². The maximum absolute atomic E-state index is 11.9. The van der Waals surface area contributed by atoms with Crippen molar-refractivity contribution in [3.8, 4) is 0 Å². The highest BCUT2D eigenvalue weighted by Gasteiger charge is 2.21. The Balaban J connectivity index is 0.000000686. The second kappa shape index (κ2) is 6.58. The lowest BCUT2D eigenvalue weighted by molar-refractivity contribution is -0.120. The van der Waals surface area contributed by atoms with Gasteiger partial charge < -0.3 is 4.90 Å². The van der Waals surface area contributed by atoms with E-state index in [0.717, 1.165) is 0 Å². The van der Waals surface area contributed by atoms with E-state index in [1.807, 2.05) is 0 Å². The zero-order chi connectivity index (χ0) is 12.7. The van der Waals surface area contributed by atoms with Gasteiger partial charge in [0.15, 0.2) is 0 Å². The smallest absolute Gasteiger partial charge is 0.255 e. The van der Waals surface area contributed by atoms with Crippen LogP contribution in [0.15, 0.2) is 37.7 Å². The Bertz CT molecular complexity index is 380. The summed E-state index contributed by atoms with van der Waals surface area (Å²) in [4.78, 5) is 28.5. The van der Waals surface area contributed by atoms with Gasteiger partial charge in [-0.1, -0.05) is 0 Å². The van der Waals surface area contributed by atoms with Crippen LogP contribution in [0.5, 0.6) is 0 Å². The molecule has 0 atom stereocenters. The Morgan fingerprint density at radius 1 is 1.29 bits per heavy atom. The number of aromatic nitrogens is 1. The Kier molecular flexibility index (Phi) is 5.07. The summed E-state index contributed by atoms with van der Waals surface area (Å²) in [6, 6.07) is 3.48. The highest BCUT2D eigenvalue weighted by molar-refractivity contribution is 5.95. The number of piperidine rings is 1. The number of rotatable bonds is 1. The summed E-state index contributed by atoms with van der Waals surface area (Å²) in [5, 5.41) is 0. The highest BCUT2D eigenvalue weighted by atomic mass is 16.2. The molecule has 1 amide bonds. The number of hydrogen-bond acceptors (Lipinski definition) is 3. The first kappa shape index (κ1) is 13.1. The summed E-state index contributed by atoms with van der Waals surface area (Å²) in [6.45, 7) is 7.07. The van der Waals surface area contributed by atoms with E-state index < -0.39 is 0 Å². The first-order chi connectivity index (χ1) is 8.27. The molecule has 90 valence electrons. The van der Waals surface area contributed by atoms with E-state index in [-0.39, 0.29) is 11.7 Å². The molecule has 0 saturated carbocycles. The minimum atomic E-state index is -0.0319. The Labute approximate surface area is 101 Å². The van der Waals surface area contributed by atoms with Gasteiger partial charge in [0, 0.05) is 38.3 Å². The summed E-state index contributed by atoms with van der Waals surface area (Å²) in [5.41, 5.74) is 0.590. The predicted molar refractivity (Wildman–Crippen MR) is 65.6 cm³/mol. The summed E-state index contributed by atoms with van der Waals surface area (Å²) in [7, 11) is 0. The van der Waals surface area contributed by atoms with Gasteiger partial charge in [-0.15, -0.1) is 13.2 Å². The van der Waals surface area contributed by atoms with E-state index in [2.05, 4.69) is 18.1 Å². The molecular weight excluding hydrogens is 216 g/mol. The molecule has 1 saturated heterocycles. The van der Waals surface area contributed by atoms with Gasteiger partial charge in [-0.2, -0.15) is 0 Å². The van der Waals surface area contributed by atoms with Gasteiger partial charge in [-0.3, -0.25) is 14.6 Å². The van der Waals surface area contributed by atoms with Crippen molar-refractivity contribution in [1.29, 1.82) is 0 Å². The van der Waals surface area contributed by atoms with Gasteiger partial charge in [0.25, 0.3) is 5.91 Å². The number of hydrogen-bond donors (Lipinski definition) is 0. The zero-order valence-electron chi connectivity index (χ0n) is 9.76. The molecule has 2 heterocycles. The van der Waals surface area contributed by atoms with E-state index in [4.69, 9.17) is 0 Å². The molecule has 1 aliphatic rings. The minimum absolute atomic E-state index is 0.0319. The van der Waals surface area contributed by atoms with Crippen LogP contribution in [0.3, 0.4) is 0 Å². The lowest BCUT2D eigenvalue weighted by atomic mass is 10.1. The molecule has 4 heteroatoms. The molecule has 0 radical (unpaired) electrons. The van der Waals surface area contributed by atoms with E-state index in [0.29, 0.717) is 31.5 Å². The SMILES string of the molecule is C=C.O=C1CCN(C(=O)c2cccnc2)CC1. The monoisotopic (exact) mass is 232 g/mol. The lowest BCUT2D eigenvalue weighted by Gasteiger charge is -2.25. The third-order valence-electron chi connectivity index (χ3n) is 2.52. The van der Waals surface area contributed by atoms with Crippen LogP contribution < -0.4 is 0 Å². The number of carbonyl (C=O) groups is 2. The van der Waals surface area contributed by atoms with Gasteiger partial charge in [-0.05, 0) is 12.1 Å². The molecule has 4 nitrogen and oxygen atoms in total. The Morgan fingerprint density at radius 3 is 2.47 bits per heavy atom. The maximum atomic E-state index is 11.9. The van der Waals surface area contributed by atoms with Crippen molar-refractivity contribution in [2.24, 2.45) is 0 Å². The number of ketones is 1. The van der Waals surface area contributed by atoms with Crippen LogP contribution in [0.4, 0.5) is 0 Å². The number of pyridine rings is 1. The fraction of sp³-hybridized carbons (Fsp3) is 0.308. The van der Waals surface area contributed by atoms with Crippen molar-refractivity contribution in [3.05, 3.63) is 43.2 Å². The lowest BCUT2D eigenvalue weighted by Crippen LogP contribution is -2.38. The second-order valence-electron chi connectivity index (χ2n) is 3.57. The standard InChI is InChI=1S/C11H12N2O2.C2H4/c14-10-3-6-13(7-4-10)11(15)9-2-1-5-12-8-9;1-2/h1-2,5,8H,3-4,6-7H2;1-2H2. The molecule has 1 aromatic heterocycles. The van der Waals surface area contributed by atoms with E-state index in [1.165, 1.54) is 0 Å². The van der Waals surface area contributed by atoms with Crippen molar-refractivity contribution >= 4 is 11.7 Å². The van der Waals surface area contributed by atoms with E-state index in [1.54, 1.807) is 29.4 Å². The van der Waals surface area contributed by atoms with Gasteiger partial charge in [-0.25, -0.2) is 0 Å². The second-order valence-corrected chi connectivity index (χ2v) is 3.57. The molecule has 1 fully saturated rings. The molecule has 0 aromatic carbocycles. The molecule has 1 aromatic rings. The van der Waals surface area contributed by atoms with Gasteiger partial charge in [0.1, 0.15) is 5.78 Å². The quantitative estimate of drug-likeness (QED) is 0.692. The third kappa shape index (κ3) is 3.52. The fourth-order valence-electron chi connectivity index (χ4n) is 1.63. The van der Waals surface area contributed by atoms with Gasteiger partial charge in [0.05, 0.1) is 5.56 Å². The van der Waals surface area contributed by atoms with Crippen LogP contribution in [0.2, 0.25) is 0 Å². The van der Waals surface area contributed by atoms with Gasteiger partial charge >= 0.3 is 0 Å². The normalized spacial score (nSPS) is 14.8.